The van der Waals surface area contributed by atoms with E-state index in [1.807, 2.05) is 13.8 Å². The van der Waals surface area contributed by atoms with Crippen LogP contribution < -0.4 is 16.4 Å². The zero-order chi connectivity index (χ0) is 25.5. The fourth-order valence-electron chi connectivity index (χ4n) is 4.68. The summed E-state index contributed by atoms with van der Waals surface area (Å²) >= 11 is 1.63. The summed E-state index contributed by atoms with van der Waals surface area (Å²) in [5, 5.41) is 13.4. The average molecular weight is 498 g/mol. The monoisotopic (exact) mass is 497 g/mol. The molecule has 2 aliphatic rings. The molecule has 0 aromatic carbocycles. The Morgan fingerprint density at radius 3 is 2.38 bits per heavy atom. The maximum Gasteiger partial charge on any atom is 0.407 e. The number of thioether (sulfide) groups is 1. The van der Waals surface area contributed by atoms with Gasteiger partial charge in [-0.1, -0.05) is 13.8 Å². The molecular formula is C24H43N5O4S. The minimum absolute atomic E-state index is 0.135. The molecule has 0 bridgehead atoms. The van der Waals surface area contributed by atoms with E-state index in [0.29, 0.717) is 31.3 Å². The van der Waals surface area contributed by atoms with Crippen LogP contribution in [0.3, 0.4) is 0 Å². The Morgan fingerprint density at radius 1 is 1.18 bits per heavy atom. The van der Waals surface area contributed by atoms with Crippen molar-refractivity contribution in [2.24, 2.45) is 23.5 Å². The summed E-state index contributed by atoms with van der Waals surface area (Å²) in [5.41, 5.74) is 5.63. The fraction of sp³-hybridized carbons (Fsp3) is 0.833. The van der Waals surface area contributed by atoms with Crippen LogP contribution >= 0.6 is 11.8 Å². The van der Waals surface area contributed by atoms with Crippen LogP contribution in [0.4, 0.5) is 4.79 Å². The Labute approximate surface area is 208 Å². The molecule has 10 heteroatoms. The average Bonchev–Trinajstić information content (AvgIpc) is 3.29. The third-order valence-corrected chi connectivity index (χ3v) is 8.68. The van der Waals surface area contributed by atoms with Gasteiger partial charge in [-0.3, -0.25) is 15.0 Å². The van der Waals surface area contributed by atoms with Crippen molar-refractivity contribution in [1.29, 1.82) is 5.41 Å². The van der Waals surface area contributed by atoms with Gasteiger partial charge in [0.15, 0.2) is 0 Å². The molecule has 1 heterocycles. The summed E-state index contributed by atoms with van der Waals surface area (Å²) in [5.74, 6) is 1.68. The first-order valence-electron chi connectivity index (χ1n) is 12.4. The lowest BCUT2D eigenvalue weighted by molar-refractivity contribution is -0.140. The predicted octanol–water partition coefficient (Wildman–Crippen LogP) is 2.73. The van der Waals surface area contributed by atoms with Crippen molar-refractivity contribution in [2.75, 3.05) is 26.0 Å². The van der Waals surface area contributed by atoms with Crippen LogP contribution in [-0.2, 0) is 14.3 Å². The zero-order valence-electron chi connectivity index (χ0n) is 21.3. The van der Waals surface area contributed by atoms with Gasteiger partial charge in [0.1, 0.15) is 12.1 Å². The fourth-order valence-corrected chi connectivity index (χ4v) is 5.77. The number of hydrogen-bond donors (Lipinski definition) is 4. The van der Waals surface area contributed by atoms with E-state index in [2.05, 4.69) is 24.5 Å². The molecule has 2 atom stereocenters. The molecule has 1 aliphatic heterocycles. The highest BCUT2D eigenvalue weighted by atomic mass is 32.2. The summed E-state index contributed by atoms with van der Waals surface area (Å²) < 4.78 is 4.21. The van der Waals surface area contributed by atoms with Gasteiger partial charge in [0, 0.05) is 23.8 Å². The Balaban J connectivity index is 2.03. The van der Waals surface area contributed by atoms with Crippen molar-refractivity contribution in [3.8, 4) is 0 Å². The number of amides is 3. The van der Waals surface area contributed by atoms with E-state index < -0.39 is 22.9 Å². The van der Waals surface area contributed by atoms with Gasteiger partial charge in [-0.15, -0.1) is 0 Å². The third kappa shape index (κ3) is 7.78. The van der Waals surface area contributed by atoms with Gasteiger partial charge in [-0.05, 0) is 70.0 Å². The topological polar surface area (TPSA) is 138 Å². The molecular weight excluding hydrogens is 454 g/mol. The van der Waals surface area contributed by atoms with Gasteiger partial charge in [-0.2, -0.15) is 11.8 Å². The van der Waals surface area contributed by atoms with E-state index in [4.69, 9.17) is 15.9 Å². The van der Waals surface area contributed by atoms with E-state index in [0.717, 1.165) is 37.9 Å². The molecule has 0 aromatic rings. The first kappa shape index (κ1) is 28.3. The standard InChI is InChI=1S/C24H43N5O4S/c1-15(2)14-34-24(3,4)19(28-23(32)33-5)22(31)29-12-6-7-18(29)21(30)27-13-16-8-10-17(11-9-16)20(25)26/h15-19H,6-14H2,1-5H3,(H3,25,26)(H,27,30)(H,28,32)/t16?,17?,18-,19-/m0/s1. The van der Waals surface area contributed by atoms with Crippen LogP contribution in [0.1, 0.15) is 66.2 Å². The van der Waals surface area contributed by atoms with Crippen LogP contribution in [-0.4, -0.2) is 71.4 Å². The molecule has 194 valence electrons. The van der Waals surface area contributed by atoms with E-state index in [1.165, 1.54) is 7.11 Å². The largest absolute Gasteiger partial charge is 0.453 e. The molecule has 2 fully saturated rings. The van der Waals surface area contributed by atoms with E-state index >= 15 is 0 Å². The van der Waals surface area contributed by atoms with Gasteiger partial charge >= 0.3 is 6.09 Å². The van der Waals surface area contributed by atoms with E-state index in [-0.39, 0.29) is 23.6 Å². The number of carbonyl (C=O) groups excluding carboxylic acids is 3. The van der Waals surface area contributed by atoms with Crippen LogP contribution in [0, 0.1) is 23.2 Å². The van der Waals surface area contributed by atoms with Crippen molar-refractivity contribution < 1.29 is 19.1 Å². The normalized spacial score (nSPS) is 23.9. The quantitative estimate of drug-likeness (QED) is 0.270. The number of methoxy groups -OCH3 is 1. The highest BCUT2D eigenvalue weighted by Crippen LogP contribution is 2.33. The number of ether oxygens (including phenoxy) is 1. The van der Waals surface area contributed by atoms with Crippen molar-refractivity contribution in [1.82, 2.24) is 15.5 Å². The zero-order valence-corrected chi connectivity index (χ0v) is 22.1. The second kappa shape index (κ2) is 12.7. The first-order valence-corrected chi connectivity index (χ1v) is 13.3. The van der Waals surface area contributed by atoms with Crippen LogP contribution in [0.15, 0.2) is 0 Å². The number of hydrogen-bond acceptors (Lipinski definition) is 6. The van der Waals surface area contributed by atoms with Crippen molar-refractivity contribution in [3.63, 3.8) is 0 Å². The molecule has 0 unspecified atom stereocenters. The number of nitrogens with one attached hydrogen (secondary N) is 3. The summed E-state index contributed by atoms with van der Waals surface area (Å²) in [6, 6.07) is -1.34. The van der Waals surface area contributed by atoms with Gasteiger partial charge in [0.25, 0.3) is 0 Å². The van der Waals surface area contributed by atoms with E-state index in [1.54, 1.807) is 16.7 Å². The van der Waals surface area contributed by atoms with Crippen molar-refractivity contribution >= 4 is 35.5 Å². The van der Waals surface area contributed by atoms with E-state index in [9.17, 15) is 14.4 Å². The molecule has 34 heavy (non-hydrogen) atoms. The Hall–Kier alpha value is -1.97. The summed E-state index contributed by atoms with van der Waals surface area (Å²) in [4.78, 5) is 40.4. The maximum atomic E-state index is 13.6. The predicted molar refractivity (Wildman–Crippen MR) is 136 cm³/mol. The molecule has 1 saturated carbocycles. The number of carbonyl (C=O) groups is 3. The number of alkyl carbamates (subject to hydrolysis) is 1. The molecule has 5 N–H and O–H groups in total. The molecule has 3 amide bonds. The highest BCUT2D eigenvalue weighted by Gasteiger charge is 2.44. The number of nitrogens with zero attached hydrogens (tertiary/aromatic N) is 1. The lowest BCUT2D eigenvalue weighted by Crippen LogP contribution is -2.60. The summed E-state index contributed by atoms with van der Waals surface area (Å²) in [6.07, 6.45) is 4.34. The second-order valence-electron chi connectivity index (χ2n) is 10.5. The minimum Gasteiger partial charge on any atom is -0.453 e. The molecule has 0 aromatic heterocycles. The van der Waals surface area contributed by atoms with Gasteiger partial charge in [0.2, 0.25) is 11.8 Å². The molecule has 9 nitrogen and oxygen atoms in total. The smallest absolute Gasteiger partial charge is 0.407 e. The van der Waals surface area contributed by atoms with Crippen LogP contribution in [0.2, 0.25) is 0 Å². The molecule has 0 radical (unpaired) electrons. The molecule has 1 saturated heterocycles. The maximum absolute atomic E-state index is 13.6. The number of rotatable bonds is 10. The van der Waals surface area contributed by atoms with Crippen LogP contribution in [0.5, 0.6) is 0 Å². The first-order chi connectivity index (χ1) is 16.0. The van der Waals surface area contributed by atoms with Crippen molar-refractivity contribution in [2.45, 2.75) is 83.1 Å². The summed E-state index contributed by atoms with van der Waals surface area (Å²) in [7, 11) is 1.28. The lowest BCUT2D eigenvalue weighted by atomic mass is 9.81. The van der Waals surface area contributed by atoms with Gasteiger partial charge in [-0.25, -0.2) is 4.79 Å². The van der Waals surface area contributed by atoms with Gasteiger partial charge in [0.05, 0.1) is 12.9 Å². The summed E-state index contributed by atoms with van der Waals surface area (Å²) in [6.45, 7) is 9.18. The SMILES string of the molecule is COC(=O)N[C@@H](C(=O)N1CCC[C@H]1C(=O)NCC1CCC(C(=N)N)CC1)C(C)(C)SCC(C)C. The Morgan fingerprint density at radius 2 is 1.82 bits per heavy atom. The minimum atomic E-state index is -0.807. The van der Waals surface area contributed by atoms with Crippen molar-refractivity contribution in [3.05, 3.63) is 0 Å². The molecule has 0 spiro atoms. The van der Waals surface area contributed by atoms with Gasteiger partial charge < -0.3 is 26.0 Å². The second-order valence-corrected chi connectivity index (χ2v) is 12.2. The highest BCUT2D eigenvalue weighted by molar-refractivity contribution is 8.00. The Bertz CT molecular complexity index is 737. The third-order valence-electron chi connectivity index (χ3n) is 6.87. The molecule has 2 rings (SSSR count). The lowest BCUT2D eigenvalue weighted by Gasteiger charge is -2.37. The number of nitrogens with two attached hydrogens (primary N) is 1. The molecule has 1 aliphatic carbocycles. The number of likely N-dealkylation sites (tertiary alicyclic amines) is 1. The van der Waals surface area contributed by atoms with Crippen LogP contribution in [0.25, 0.3) is 0 Å². The number of amidine groups is 1. The Kier molecular flexibility index (Phi) is 10.5.